The number of nitrogens with zero attached hydrogens (tertiary/aromatic N) is 2. The van der Waals surface area contributed by atoms with Crippen LogP contribution >= 0.6 is 11.6 Å². The predicted octanol–water partition coefficient (Wildman–Crippen LogP) is 3.16. The summed E-state index contributed by atoms with van der Waals surface area (Å²) in [6.45, 7) is 3.06. The lowest BCUT2D eigenvalue weighted by molar-refractivity contribution is 0.0924. The molecular weight excluding hydrogens is 444 g/mol. The van der Waals surface area contributed by atoms with Gasteiger partial charge < -0.3 is 15.2 Å². The molecule has 0 saturated carbocycles. The molecule has 168 valence electrons. The van der Waals surface area contributed by atoms with Crippen molar-refractivity contribution in [1.82, 2.24) is 14.9 Å². The smallest absolute Gasteiger partial charge is 0.280 e. The van der Waals surface area contributed by atoms with E-state index < -0.39 is 29.2 Å². The van der Waals surface area contributed by atoms with Gasteiger partial charge in [0.25, 0.3) is 11.5 Å². The lowest BCUT2D eigenvalue weighted by atomic mass is 10.1. The molecule has 10 heteroatoms. The van der Waals surface area contributed by atoms with Gasteiger partial charge in [0.1, 0.15) is 24.6 Å². The third-order valence-corrected chi connectivity index (χ3v) is 4.88. The molecule has 1 atom stereocenters. The van der Waals surface area contributed by atoms with E-state index in [0.29, 0.717) is 11.3 Å². The third-order valence-electron chi connectivity index (χ3n) is 4.55. The van der Waals surface area contributed by atoms with Gasteiger partial charge in [-0.05, 0) is 43.7 Å². The molecule has 0 aliphatic heterocycles. The van der Waals surface area contributed by atoms with E-state index in [-0.39, 0.29) is 35.2 Å². The number of benzene rings is 2. The van der Waals surface area contributed by atoms with Gasteiger partial charge in [0, 0.05) is 23.7 Å². The van der Waals surface area contributed by atoms with Gasteiger partial charge in [0.2, 0.25) is 5.88 Å². The van der Waals surface area contributed by atoms with Crippen molar-refractivity contribution in [2.45, 2.75) is 26.6 Å². The van der Waals surface area contributed by atoms with E-state index in [1.807, 2.05) is 0 Å². The molecule has 0 saturated heterocycles. The second-order valence-electron chi connectivity index (χ2n) is 7.12. The summed E-state index contributed by atoms with van der Waals surface area (Å²) in [5.41, 5.74) is 0.756. The quantitative estimate of drug-likeness (QED) is 0.561. The Bertz CT molecular complexity index is 1210. The van der Waals surface area contributed by atoms with Crippen molar-refractivity contribution in [1.29, 1.82) is 0 Å². The number of aromatic nitrogens is 2. The van der Waals surface area contributed by atoms with Crippen LogP contribution in [0.2, 0.25) is 5.02 Å². The standard InChI is InChI=1S/C22H20ClF2N3O4/c1-12-3-4-14(20(30)26-9-13(2)29)7-18(12)28-11-27-21(19(23)22(28)31)32-10-15-5-6-16(24)8-17(15)25/h3-8,11,13,29H,9-10H2,1-2H3,(H,26,30)/t13-/m0/s1. The first kappa shape index (κ1) is 23.4. The SMILES string of the molecule is Cc1ccc(C(=O)NC[C@H](C)O)cc1-n1cnc(OCc2ccc(F)cc2F)c(Cl)c1=O. The van der Waals surface area contributed by atoms with Crippen LogP contribution in [-0.4, -0.2) is 33.2 Å². The first-order chi connectivity index (χ1) is 15.2. The summed E-state index contributed by atoms with van der Waals surface area (Å²) in [4.78, 5) is 29.1. The number of carbonyl (C=O) groups excluding carboxylic acids is 1. The normalized spacial score (nSPS) is 11.8. The molecule has 0 bridgehead atoms. The second-order valence-corrected chi connectivity index (χ2v) is 7.50. The van der Waals surface area contributed by atoms with Crippen LogP contribution in [0.3, 0.4) is 0 Å². The van der Waals surface area contributed by atoms with Crippen LogP contribution in [0.5, 0.6) is 5.88 Å². The van der Waals surface area contributed by atoms with Crippen molar-refractivity contribution >= 4 is 17.5 Å². The zero-order valence-corrected chi connectivity index (χ0v) is 18.0. The molecule has 3 rings (SSSR count). The van der Waals surface area contributed by atoms with Crippen molar-refractivity contribution in [3.05, 3.63) is 86.4 Å². The Morgan fingerprint density at radius 2 is 2.03 bits per heavy atom. The summed E-state index contributed by atoms with van der Waals surface area (Å²) in [6.07, 6.45) is 0.482. The summed E-state index contributed by atoms with van der Waals surface area (Å²) >= 11 is 6.14. The highest BCUT2D eigenvalue weighted by molar-refractivity contribution is 6.31. The van der Waals surface area contributed by atoms with Crippen LogP contribution < -0.4 is 15.6 Å². The number of hydrogen-bond acceptors (Lipinski definition) is 5. The van der Waals surface area contributed by atoms with Gasteiger partial charge in [0.15, 0.2) is 5.02 Å². The molecule has 7 nitrogen and oxygen atoms in total. The molecule has 0 radical (unpaired) electrons. The van der Waals surface area contributed by atoms with E-state index in [1.54, 1.807) is 26.0 Å². The fourth-order valence-corrected chi connectivity index (χ4v) is 3.02. The Morgan fingerprint density at radius 1 is 1.28 bits per heavy atom. The minimum absolute atomic E-state index is 0.0696. The molecule has 1 aromatic heterocycles. The molecule has 0 spiro atoms. The maximum absolute atomic E-state index is 13.8. The van der Waals surface area contributed by atoms with E-state index in [9.17, 15) is 23.5 Å². The molecule has 1 amide bonds. The molecule has 0 unspecified atom stereocenters. The van der Waals surface area contributed by atoms with Gasteiger partial charge in [-0.25, -0.2) is 13.8 Å². The van der Waals surface area contributed by atoms with Crippen LogP contribution in [0.1, 0.15) is 28.4 Å². The van der Waals surface area contributed by atoms with Gasteiger partial charge in [-0.2, -0.15) is 0 Å². The van der Waals surface area contributed by atoms with Crippen LogP contribution in [0.15, 0.2) is 47.5 Å². The maximum Gasteiger partial charge on any atom is 0.280 e. The number of amides is 1. The van der Waals surface area contributed by atoms with E-state index >= 15 is 0 Å². The Balaban J connectivity index is 1.86. The van der Waals surface area contributed by atoms with Crippen LogP contribution in [0, 0.1) is 18.6 Å². The van der Waals surface area contributed by atoms with Crippen LogP contribution in [0.4, 0.5) is 8.78 Å². The minimum Gasteiger partial charge on any atom is -0.471 e. The molecule has 0 fully saturated rings. The van der Waals surface area contributed by atoms with E-state index in [4.69, 9.17) is 16.3 Å². The van der Waals surface area contributed by atoms with Crippen molar-refractivity contribution in [3.8, 4) is 11.6 Å². The lowest BCUT2D eigenvalue weighted by Crippen LogP contribution is -2.30. The van der Waals surface area contributed by atoms with Crippen molar-refractivity contribution in [2.24, 2.45) is 0 Å². The average molecular weight is 464 g/mol. The number of ether oxygens (including phenoxy) is 1. The molecule has 1 heterocycles. The Kier molecular flexibility index (Phi) is 7.22. The topological polar surface area (TPSA) is 93.5 Å². The minimum atomic E-state index is -0.796. The molecule has 2 aromatic carbocycles. The molecule has 32 heavy (non-hydrogen) atoms. The number of rotatable bonds is 7. The Hall–Kier alpha value is -3.30. The molecule has 0 aliphatic carbocycles. The summed E-state index contributed by atoms with van der Waals surface area (Å²) in [5.74, 6) is -2.14. The largest absolute Gasteiger partial charge is 0.471 e. The predicted molar refractivity (Wildman–Crippen MR) is 114 cm³/mol. The number of carbonyl (C=O) groups is 1. The molecule has 3 aromatic rings. The van der Waals surface area contributed by atoms with Crippen molar-refractivity contribution in [3.63, 3.8) is 0 Å². The van der Waals surface area contributed by atoms with Gasteiger partial charge in [-0.1, -0.05) is 17.7 Å². The van der Waals surface area contributed by atoms with Gasteiger partial charge >= 0.3 is 0 Å². The van der Waals surface area contributed by atoms with Crippen molar-refractivity contribution in [2.75, 3.05) is 6.54 Å². The van der Waals surface area contributed by atoms with E-state index in [1.165, 1.54) is 18.5 Å². The van der Waals surface area contributed by atoms with E-state index in [2.05, 4.69) is 10.3 Å². The zero-order chi connectivity index (χ0) is 23.4. The monoisotopic (exact) mass is 463 g/mol. The highest BCUT2D eigenvalue weighted by Crippen LogP contribution is 2.21. The number of aliphatic hydroxyl groups excluding tert-OH is 1. The number of nitrogens with one attached hydrogen (secondary N) is 1. The summed E-state index contributed by atoms with van der Waals surface area (Å²) in [5, 5.41) is 11.6. The summed E-state index contributed by atoms with van der Waals surface area (Å²) in [6, 6.07) is 7.78. The Morgan fingerprint density at radius 3 is 2.72 bits per heavy atom. The maximum atomic E-state index is 13.8. The first-order valence-corrected chi connectivity index (χ1v) is 9.96. The van der Waals surface area contributed by atoms with Crippen molar-refractivity contribution < 1.29 is 23.4 Å². The first-order valence-electron chi connectivity index (χ1n) is 9.58. The van der Waals surface area contributed by atoms with Crippen LogP contribution in [0.25, 0.3) is 5.69 Å². The average Bonchev–Trinajstić information content (AvgIpc) is 2.75. The number of halogens is 3. The van der Waals surface area contributed by atoms with E-state index in [0.717, 1.165) is 16.7 Å². The van der Waals surface area contributed by atoms with Gasteiger partial charge in [0.05, 0.1) is 11.8 Å². The molecular formula is C22H20ClF2N3O4. The summed E-state index contributed by atoms with van der Waals surface area (Å²) < 4.78 is 33.3. The second kappa shape index (κ2) is 9.88. The molecule has 0 aliphatic rings. The fraction of sp³-hybridized carbons (Fsp3) is 0.227. The zero-order valence-electron chi connectivity index (χ0n) is 17.2. The number of hydrogen-bond donors (Lipinski definition) is 2. The highest BCUT2D eigenvalue weighted by Gasteiger charge is 2.16. The summed E-state index contributed by atoms with van der Waals surface area (Å²) in [7, 11) is 0. The lowest BCUT2D eigenvalue weighted by Gasteiger charge is -2.14. The van der Waals surface area contributed by atoms with Gasteiger partial charge in [-0.15, -0.1) is 0 Å². The third kappa shape index (κ3) is 5.30. The number of aliphatic hydroxyl groups is 1. The Labute approximate surface area is 187 Å². The van der Waals surface area contributed by atoms with Crippen LogP contribution in [-0.2, 0) is 6.61 Å². The fourth-order valence-electron chi connectivity index (χ4n) is 2.83. The highest BCUT2D eigenvalue weighted by atomic mass is 35.5. The molecule has 2 N–H and O–H groups in total. The van der Waals surface area contributed by atoms with Gasteiger partial charge in [-0.3, -0.25) is 14.2 Å². The number of aryl methyl sites for hydroxylation is 1.